The molecule has 0 bridgehead atoms. The average Bonchev–Trinajstić information content (AvgIpc) is 3.29. The van der Waals surface area contributed by atoms with E-state index in [2.05, 4.69) is 50.3 Å². The number of aliphatic hydroxyl groups is 7. The number of hydrogen-bond acceptors (Lipinski definition) is 14. The number of ether oxygens (including phenoxy) is 6. The Balaban J connectivity index is 1.80. The number of aliphatic hydroxyl groups excluding tert-OH is 7. The lowest BCUT2D eigenvalue weighted by Crippen LogP contribution is -2.61. The van der Waals surface area contributed by atoms with Crippen LogP contribution >= 0.6 is 0 Å². The van der Waals surface area contributed by atoms with E-state index >= 15 is 0 Å². The molecule has 2 saturated heterocycles. The molecule has 0 aromatic carbocycles. The highest BCUT2D eigenvalue weighted by atomic mass is 16.7. The summed E-state index contributed by atoms with van der Waals surface area (Å²) in [4.78, 5) is 12.9. The van der Waals surface area contributed by atoms with Crippen LogP contribution in [0.4, 0.5) is 0 Å². The summed E-state index contributed by atoms with van der Waals surface area (Å²) in [5.41, 5.74) is 0. The van der Waals surface area contributed by atoms with Crippen molar-refractivity contribution in [2.45, 2.75) is 229 Å². The molecule has 2 rings (SSSR count). The van der Waals surface area contributed by atoms with Gasteiger partial charge in [0.25, 0.3) is 0 Å². The standard InChI is InChI=1S/C50H88O14/c1-3-5-7-9-11-13-15-17-18-19-20-22-24-26-28-30-32-34-59-36-39(62-42(52)33-31-29-27-25-23-21-16-14-12-10-8-6-4-2)37-60-49-48(58)46(56)44(54)41(64-49)38-61-50-47(57)45(55)43(53)40(35-51)63-50/h6,8,12,14,21,23,27,29,39-41,43-51,53-58H,3-5,7,9-11,13,15-20,22,24-26,28,30-38H2,1-2H3/b8-6-,14-12-,23-21-,29-27-. The highest BCUT2D eigenvalue weighted by Crippen LogP contribution is 2.26. The summed E-state index contributed by atoms with van der Waals surface area (Å²) >= 11 is 0. The lowest BCUT2D eigenvalue weighted by molar-refractivity contribution is -0.332. The Labute approximate surface area is 384 Å². The number of carbonyl (C=O) groups excluding carboxylic acids is 1. The molecule has 0 radical (unpaired) electrons. The molecule has 7 N–H and O–H groups in total. The van der Waals surface area contributed by atoms with Crippen molar-refractivity contribution in [3.8, 4) is 0 Å². The summed E-state index contributed by atoms with van der Waals surface area (Å²) in [5, 5.41) is 72.0. The molecular weight excluding hydrogens is 825 g/mol. The van der Waals surface area contributed by atoms with Crippen LogP contribution in [0.25, 0.3) is 0 Å². The van der Waals surface area contributed by atoms with Crippen LogP contribution in [0.2, 0.25) is 0 Å². The van der Waals surface area contributed by atoms with Gasteiger partial charge in [0.1, 0.15) is 54.9 Å². The fraction of sp³-hybridized carbons (Fsp3) is 0.820. The van der Waals surface area contributed by atoms with E-state index in [9.17, 15) is 40.5 Å². The van der Waals surface area contributed by atoms with Gasteiger partial charge in [0.05, 0.1) is 26.4 Å². The van der Waals surface area contributed by atoms with Gasteiger partial charge in [-0.2, -0.15) is 0 Å². The van der Waals surface area contributed by atoms with E-state index < -0.39 is 86.7 Å². The van der Waals surface area contributed by atoms with E-state index in [4.69, 9.17) is 28.4 Å². The zero-order valence-corrected chi connectivity index (χ0v) is 39.3. The number of rotatable bonds is 38. The molecule has 2 heterocycles. The van der Waals surface area contributed by atoms with Crippen LogP contribution in [0.3, 0.4) is 0 Å². The van der Waals surface area contributed by atoms with Gasteiger partial charge in [0.15, 0.2) is 12.6 Å². The Morgan fingerprint density at radius 3 is 1.50 bits per heavy atom. The molecule has 0 spiro atoms. The second-order valence-corrected chi connectivity index (χ2v) is 17.3. The molecule has 11 atom stereocenters. The molecule has 2 aliphatic heterocycles. The summed E-state index contributed by atoms with van der Waals surface area (Å²) in [6, 6.07) is 0. The Bertz CT molecular complexity index is 1240. The minimum Gasteiger partial charge on any atom is -0.457 e. The molecule has 0 aromatic rings. The predicted molar refractivity (Wildman–Crippen MR) is 247 cm³/mol. The minimum atomic E-state index is -1.72. The summed E-state index contributed by atoms with van der Waals surface area (Å²) in [6.45, 7) is 3.48. The Morgan fingerprint density at radius 2 is 0.984 bits per heavy atom. The molecule has 0 aliphatic carbocycles. The minimum absolute atomic E-state index is 0.0339. The fourth-order valence-corrected chi connectivity index (χ4v) is 7.59. The molecule has 0 saturated carbocycles. The molecule has 64 heavy (non-hydrogen) atoms. The van der Waals surface area contributed by atoms with Crippen molar-refractivity contribution >= 4 is 5.97 Å². The van der Waals surface area contributed by atoms with Gasteiger partial charge >= 0.3 is 5.97 Å². The van der Waals surface area contributed by atoms with Gasteiger partial charge in [-0.15, -0.1) is 0 Å². The zero-order valence-electron chi connectivity index (χ0n) is 39.3. The second-order valence-electron chi connectivity index (χ2n) is 17.3. The average molecular weight is 913 g/mol. The molecule has 14 heteroatoms. The molecule has 11 unspecified atom stereocenters. The quantitative estimate of drug-likeness (QED) is 0.0193. The van der Waals surface area contributed by atoms with Gasteiger partial charge in [0, 0.05) is 13.0 Å². The summed E-state index contributed by atoms with van der Waals surface area (Å²) in [6.07, 6.45) is 26.3. The molecular formula is C50H88O14. The first-order chi connectivity index (χ1) is 31.1. The smallest absolute Gasteiger partial charge is 0.306 e. The van der Waals surface area contributed by atoms with E-state index in [1.807, 2.05) is 12.2 Å². The van der Waals surface area contributed by atoms with E-state index in [-0.39, 0.29) is 19.6 Å². The fourth-order valence-electron chi connectivity index (χ4n) is 7.59. The van der Waals surface area contributed by atoms with Crippen LogP contribution in [-0.2, 0) is 33.2 Å². The van der Waals surface area contributed by atoms with E-state index in [1.165, 1.54) is 89.9 Å². The van der Waals surface area contributed by atoms with Gasteiger partial charge in [-0.05, 0) is 38.5 Å². The van der Waals surface area contributed by atoms with E-state index in [0.717, 1.165) is 44.9 Å². The van der Waals surface area contributed by atoms with Crippen LogP contribution in [0, 0.1) is 0 Å². The number of hydrogen-bond donors (Lipinski definition) is 7. The lowest BCUT2D eigenvalue weighted by atomic mass is 9.98. The molecule has 0 amide bonds. The van der Waals surface area contributed by atoms with Crippen LogP contribution < -0.4 is 0 Å². The first-order valence-corrected chi connectivity index (χ1v) is 24.7. The third kappa shape index (κ3) is 25.7. The van der Waals surface area contributed by atoms with Crippen molar-refractivity contribution in [2.75, 3.05) is 33.0 Å². The Hall–Kier alpha value is -2.05. The SMILES string of the molecule is CC/C=C\C/C=C\C/C=C\C/C=C\CCC(=O)OC(COCCCCCCCCCCCCCCCCCCC)COC1OC(COC2OC(CO)C(O)C(O)C2O)C(O)C(O)C1O. The van der Waals surface area contributed by atoms with Gasteiger partial charge in [0.2, 0.25) is 0 Å². The van der Waals surface area contributed by atoms with Crippen LogP contribution in [0.5, 0.6) is 0 Å². The maximum Gasteiger partial charge on any atom is 0.306 e. The largest absolute Gasteiger partial charge is 0.457 e. The molecule has 0 aromatic heterocycles. The monoisotopic (exact) mass is 913 g/mol. The molecule has 2 aliphatic rings. The van der Waals surface area contributed by atoms with E-state index in [1.54, 1.807) is 0 Å². The van der Waals surface area contributed by atoms with Crippen molar-refractivity contribution in [1.82, 2.24) is 0 Å². The highest BCUT2D eigenvalue weighted by molar-refractivity contribution is 5.69. The Morgan fingerprint density at radius 1 is 0.531 bits per heavy atom. The van der Waals surface area contributed by atoms with Gasteiger partial charge < -0.3 is 64.2 Å². The molecule has 372 valence electrons. The van der Waals surface area contributed by atoms with Gasteiger partial charge in [-0.3, -0.25) is 4.79 Å². The van der Waals surface area contributed by atoms with Crippen molar-refractivity contribution in [1.29, 1.82) is 0 Å². The van der Waals surface area contributed by atoms with Crippen LogP contribution in [0.15, 0.2) is 48.6 Å². The van der Waals surface area contributed by atoms with Crippen molar-refractivity contribution in [2.24, 2.45) is 0 Å². The molecule has 2 fully saturated rings. The number of allylic oxidation sites excluding steroid dienone is 8. The number of unbranched alkanes of at least 4 members (excludes halogenated alkanes) is 16. The van der Waals surface area contributed by atoms with Crippen molar-refractivity contribution in [3.05, 3.63) is 48.6 Å². The first-order valence-electron chi connectivity index (χ1n) is 24.7. The maximum atomic E-state index is 12.9. The van der Waals surface area contributed by atoms with E-state index in [0.29, 0.717) is 13.0 Å². The van der Waals surface area contributed by atoms with Crippen molar-refractivity contribution < 1.29 is 69.0 Å². The summed E-state index contributed by atoms with van der Waals surface area (Å²) in [7, 11) is 0. The topological polar surface area (TPSA) is 214 Å². The predicted octanol–water partition coefficient (Wildman–Crippen LogP) is 6.79. The first kappa shape index (κ1) is 58.1. The van der Waals surface area contributed by atoms with Gasteiger partial charge in [-0.1, -0.05) is 165 Å². The van der Waals surface area contributed by atoms with Crippen LogP contribution in [0.1, 0.15) is 162 Å². The third-order valence-electron chi connectivity index (χ3n) is 11.6. The maximum absolute atomic E-state index is 12.9. The van der Waals surface area contributed by atoms with Crippen LogP contribution in [-0.4, -0.2) is 142 Å². The third-order valence-corrected chi connectivity index (χ3v) is 11.6. The number of carbonyl (C=O) groups is 1. The zero-order chi connectivity index (χ0) is 46.6. The summed E-state index contributed by atoms with van der Waals surface area (Å²) in [5.74, 6) is -0.455. The number of esters is 1. The molecule has 14 nitrogen and oxygen atoms in total. The highest BCUT2D eigenvalue weighted by Gasteiger charge is 2.47. The normalized spacial score (nSPS) is 27.1. The Kier molecular flexibility index (Phi) is 34.5. The second kappa shape index (κ2) is 38.0. The van der Waals surface area contributed by atoms with Crippen molar-refractivity contribution in [3.63, 3.8) is 0 Å². The van der Waals surface area contributed by atoms with Gasteiger partial charge in [-0.25, -0.2) is 0 Å². The summed E-state index contributed by atoms with van der Waals surface area (Å²) < 4.78 is 34.1. The lowest BCUT2D eigenvalue weighted by Gasteiger charge is -2.42.